The van der Waals surface area contributed by atoms with Gasteiger partial charge in [0.15, 0.2) is 11.5 Å². The predicted molar refractivity (Wildman–Crippen MR) is 78.1 cm³/mol. The standard InChI is InChI=1S/C14H15ClO3S/c1-16-10-8-12(18-3)11(17-2)7-9(10)14(15)13-5-4-6-19-13/h4-8,14H,1-3H3. The van der Waals surface area contributed by atoms with E-state index < -0.39 is 0 Å². The Kier molecular flexibility index (Phi) is 4.56. The lowest BCUT2D eigenvalue weighted by atomic mass is 10.1. The van der Waals surface area contributed by atoms with Crippen molar-refractivity contribution in [3.05, 3.63) is 40.1 Å². The van der Waals surface area contributed by atoms with Crippen molar-refractivity contribution in [3.63, 3.8) is 0 Å². The molecule has 0 fully saturated rings. The van der Waals surface area contributed by atoms with E-state index in [1.807, 2.05) is 23.6 Å². The zero-order valence-corrected chi connectivity index (χ0v) is 12.5. The number of alkyl halides is 1. The van der Waals surface area contributed by atoms with Gasteiger partial charge < -0.3 is 14.2 Å². The first kappa shape index (κ1) is 14.0. The second kappa shape index (κ2) is 6.17. The van der Waals surface area contributed by atoms with Gasteiger partial charge in [-0.15, -0.1) is 22.9 Å². The van der Waals surface area contributed by atoms with Crippen molar-refractivity contribution < 1.29 is 14.2 Å². The first-order valence-electron chi connectivity index (χ1n) is 5.68. The van der Waals surface area contributed by atoms with Gasteiger partial charge in [0.2, 0.25) is 0 Å². The smallest absolute Gasteiger partial charge is 0.164 e. The highest BCUT2D eigenvalue weighted by molar-refractivity contribution is 7.10. The Morgan fingerprint density at radius 3 is 2.16 bits per heavy atom. The Bertz CT molecular complexity index is 540. The van der Waals surface area contributed by atoms with Crippen LogP contribution in [0.3, 0.4) is 0 Å². The van der Waals surface area contributed by atoms with Crippen molar-refractivity contribution in [1.82, 2.24) is 0 Å². The molecule has 0 amide bonds. The van der Waals surface area contributed by atoms with Crippen LogP contribution in [0.2, 0.25) is 0 Å². The van der Waals surface area contributed by atoms with E-state index in [-0.39, 0.29) is 5.38 Å². The fourth-order valence-corrected chi connectivity index (χ4v) is 2.96. The van der Waals surface area contributed by atoms with Crippen LogP contribution in [0.25, 0.3) is 0 Å². The highest BCUT2D eigenvalue weighted by atomic mass is 35.5. The number of benzene rings is 1. The fourth-order valence-electron chi connectivity index (χ4n) is 1.84. The SMILES string of the molecule is COc1cc(OC)c(C(Cl)c2cccs2)cc1OC. The van der Waals surface area contributed by atoms with Crippen molar-refractivity contribution in [2.75, 3.05) is 21.3 Å². The zero-order valence-electron chi connectivity index (χ0n) is 11.0. The topological polar surface area (TPSA) is 27.7 Å². The van der Waals surface area contributed by atoms with Crippen LogP contribution in [0.4, 0.5) is 0 Å². The first-order chi connectivity index (χ1) is 9.21. The first-order valence-corrected chi connectivity index (χ1v) is 7.00. The van der Waals surface area contributed by atoms with Gasteiger partial charge in [-0.25, -0.2) is 0 Å². The predicted octanol–water partition coefficient (Wildman–Crippen LogP) is 4.10. The third-order valence-electron chi connectivity index (χ3n) is 2.80. The molecule has 0 saturated heterocycles. The molecule has 1 unspecified atom stereocenters. The molecule has 1 heterocycles. The second-order valence-corrected chi connectivity index (χ2v) is 5.24. The number of ether oxygens (including phenoxy) is 3. The Morgan fingerprint density at radius 2 is 1.63 bits per heavy atom. The highest BCUT2D eigenvalue weighted by Gasteiger charge is 2.20. The number of thiophene rings is 1. The Morgan fingerprint density at radius 1 is 1.00 bits per heavy atom. The van der Waals surface area contributed by atoms with E-state index in [1.165, 1.54) is 0 Å². The van der Waals surface area contributed by atoms with Gasteiger partial charge in [0.05, 0.1) is 26.7 Å². The number of hydrogen-bond donors (Lipinski definition) is 0. The Balaban J connectivity index is 2.49. The summed E-state index contributed by atoms with van der Waals surface area (Å²) in [6.45, 7) is 0. The summed E-state index contributed by atoms with van der Waals surface area (Å²) in [4.78, 5) is 1.06. The molecule has 19 heavy (non-hydrogen) atoms. The quantitative estimate of drug-likeness (QED) is 0.778. The molecule has 0 N–H and O–H groups in total. The van der Waals surface area contributed by atoms with Crippen LogP contribution < -0.4 is 14.2 Å². The van der Waals surface area contributed by atoms with Gasteiger partial charge in [-0.05, 0) is 17.5 Å². The highest BCUT2D eigenvalue weighted by Crippen LogP contribution is 2.42. The monoisotopic (exact) mass is 298 g/mol. The molecule has 0 bridgehead atoms. The normalized spacial score (nSPS) is 12.0. The summed E-state index contributed by atoms with van der Waals surface area (Å²) in [6.07, 6.45) is 0. The molecule has 0 aliphatic carbocycles. The Hall–Kier alpha value is -1.39. The van der Waals surface area contributed by atoms with E-state index in [9.17, 15) is 0 Å². The fraction of sp³-hybridized carbons (Fsp3) is 0.286. The maximum atomic E-state index is 6.52. The van der Waals surface area contributed by atoms with E-state index in [1.54, 1.807) is 38.7 Å². The van der Waals surface area contributed by atoms with Gasteiger partial charge in [-0.1, -0.05) is 6.07 Å². The van der Waals surface area contributed by atoms with Gasteiger partial charge >= 0.3 is 0 Å². The van der Waals surface area contributed by atoms with Crippen molar-refractivity contribution >= 4 is 22.9 Å². The minimum absolute atomic E-state index is 0.269. The second-order valence-electron chi connectivity index (χ2n) is 3.83. The molecule has 0 spiro atoms. The number of methoxy groups -OCH3 is 3. The lowest BCUT2D eigenvalue weighted by molar-refractivity contribution is 0.347. The molecule has 1 atom stereocenters. The van der Waals surface area contributed by atoms with E-state index in [0.29, 0.717) is 17.2 Å². The minimum Gasteiger partial charge on any atom is -0.496 e. The maximum absolute atomic E-state index is 6.52. The third kappa shape index (κ3) is 2.80. The number of halogens is 1. The molecule has 2 aromatic rings. The van der Waals surface area contributed by atoms with Crippen molar-refractivity contribution in [1.29, 1.82) is 0 Å². The molecule has 0 radical (unpaired) electrons. The maximum Gasteiger partial charge on any atom is 0.164 e. The summed E-state index contributed by atoms with van der Waals surface area (Å²) in [6, 6.07) is 7.62. The van der Waals surface area contributed by atoms with Crippen LogP contribution >= 0.6 is 22.9 Å². The average molecular weight is 299 g/mol. The third-order valence-corrected chi connectivity index (χ3v) is 4.34. The van der Waals surface area contributed by atoms with Crippen molar-refractivity contribution in [3.8, 4) is 17.2 Å². The zero-order chi connectivity index (χ0) is 13.8. The summed E-state index contributed by atoms with van der Waals surface area (Å²) in [7, 11) is 4.81. The van der Waals surface area contributed by atoms with Gasteiger partial charge in [-0.2, -0.15) is 0 Å². The molecule has 0 aliphatic heterocycles. The summed E-state index contributed by atoms with van der Waals surface area (Å²) in [5.41, 5.74) is 0.865. The molecule has 2 rings (SSSR count). The molecular weight excluding hydrogens is 284 g/mol. The van der Waals surface area contributed by atoms with Gasteiger partial charge in [0.1, 0.15) is 5.75 Å². The minimum atomic E-state index is -0.269. The van der Waals surface area contributed by atoms with Crippen LogP contribution in [0.15, 0.2) is 29.6 Å². The van der Waals surface area contributed by atoms with Crippen LogP contribution in [0, 0.1) is 0 Å². The van der Waals surface area contributed by atoms with Gasteiger partial charge in [-0.3, -0.25) is 0 Å². The lowest BCUT2D eigenvalue weighted by Crippen LogP contribution is -1.99. The molecule has 1 aromatic heterocycles. The average Bonchev–Trinajstić information content (AvgIpc) is 2.99. The van der Waals surface area contributed by atoms with E-state index >= 15 is 0 Å². The summed E-state index contributed by atoms with van der Waals surface area (Å²) < 4.78 is 16.0. The van der Waals surface area contributed by atoms with Crippen LogP contribution in [0.1, 0.15) is 15.8 Å². The van der Waals surface area contributed by atoms with Gasteiger partial charge in [0, 0.05) is 16.5 Å². The molecule has 102 valence electrons. The summed E-state index contributed by atoms with van der Waals surface area (Å²) in [5, 5.41) is 1.73. The van der Waals surface area contributed by atoms with E-state index in [2.05, 4.69) is 0 Å². The van der Waals surface area contributed by atoms with Crippen molar-refractivity contribution in [2.24, 2.45) is 0 Å². The van der Waals surface area contributed by atoms with Gasteiger partial charge in [0.25, 0.3) is 0 Å². The molecular formula is C14H15ClO3S. The molecule has 0 saturated carbocycles. The van der Waals surface area contributed by atoms with Crippen molar-refractivity contribution in [2.45, 2.75) is 5.38 Å². The summed E-state index contributed by atoms with van der Waals surface area (Å²) >= 11 is 8.12. The number of rotatable bonds is 5. The number of hydrogen-bond acceptors (Lipinski definition) is 4. The molecule has 3 nitrogen and oxygen atoms in total. The lowest BCUT2D eigenvalue weighted by Gasteiger charge is -2.16. The molecule has 0 aliphatic rings. The largest absolute Gasteiger partial charge is 0.496 e. The Labute approximate surface area is 121 Å². The summed E-state index contributed by atoms with van der Waals surface area (Å²) in [5.74, 6) is 1.95. The van der Waals surface area contributed by atoms with E-state index in [4.69, 9.17) is 25.8 Å². The van der Waals surface area contributed by atoms with Crippen LogP contribution in [0.5, 0.6) is 17.2 Å². The van der Waals surface area contributed by atoms with Crippen LogP contribution in [-0.4, -0.2) is 21.3 Å². The molecule has 5 heteroatoms. The van der Waals surface area contributed by atoms with E-state index in [0.717, 1.165) is 10.4 Å². The van der Waals surface area contributed by atoms with Crippen LogP contribution in [-0.2, 0) is 0 Å². The molecule has 1 aromatic carbocycles.